The Morgan fingerprint density at radius 2 is 2.05 bits per heavy atom. The molecule has 4 rings (SSSR count). The van der Waals surface area contributed by atoms with Crippen LogP contribution in [0, 0.1) is 0 Å². The highest BCUT2D eigenvalue weighted by atomic mass is 15.2. The molecule has 0 bridgehead atoms. The van der Waals surface area contributed by atoms with Crippen LogP contribution in [0.4, 0.5) is 0 Å². The molecule has 0 unspecified atom stereocenters. The molecule has 0 amide bonds. The largest absolute Gasteiger partial charge is 0.237 e. The van der Waals surface area contributed by atoms with E-state index in [1.165, 1.54) is 53.4 Å². The molecule has 0 spiro atoms. The number of rotatable bonds is 4. The normalized spacial score (nSPS) is 15.2. The van der Waals surface area contributed by atoms with Crippen LogP contribution in [-0.4, -0.2) is 9.61 Å². The van der Waals surface area contributed by atoms with Gasteiger partial charge in [-0.15, -0.1) is 0 Å². The highest BCUT2D eigenvalue weighted by Crippen LogP contribution is 2.40. The van der Waals surface area contributed by atoms with Gasteiger partial charge in [0.05, 0.1) is 11.2 Å². The minimum absolute atomic E-state index is 0.715. The molecular weight excluding hydrogens is 244 g/mol. The van der Waals surface area contributed by atoms with Gasteiger partial charge in [0.2, 0.25) is 0 Å². The number of unbranched alkanes of at least 4 members (excludes halogenated alkanes) is 1. The summed E-state index contributed by atoms with van der Waals surface area (Å²) < 4.78 is 2.20. The molecule has 3 aromatic rings. The van der Waals surface area contributed by atoms with Crippen molar-refractivity contribution in [2.75, 3.05) is 0 Å². The fourth-order valence-corrected chi connectivity index (χ4v) is 3.02. The van der Waals surface area contributed by atoms with E-state index in [4.69, 9.17) is 5.10 Å². The van der Waals surface area contributed by atoms with Crippen molar-refractivity contribution in [3.63, 3.8) is 0 Å². The Bertz CT molecular complexity index is 766. The van der Waals surface area contributed by atoms with Gasteiger partial charge in [-0.05, 0) is 43.2 Å². The van der Waals surface area contributed by atoms with Gasteiger partial charge in [-0.1, -0.05) is 37.6 Å². The lowest BCUT2D eigenvalue weighted by Crippen LogP contribution is -2.00. The number of aromatic nitrogens is 2. The molecule has 1 aliphatic carbocycles. The van der Waals surface area contributed by atoms with Gasteiger partial charge in [0, 0.05) is 17.0 Å². The molecule has 20 heavy (non-hydrogen) atoms. The number of hydrogen-bond acceptors (Lipinski definition) is 1. The number of pyridine rings is 1. The van der Waals surface area contributed by atoms with E-state index in [2.05, 4.69) is 47.8 Å². The third-order valence-electron chi connectivity index (χ3n) is 4.34. The van der Waals surface area contributed by atoms with Crippen molar-refractivity contribution in [3.8, 4) is 0 Å². The van der Waals surface area contributed by atoms with Crippen molar-refractivity contribution in [1.29, 1.82) is 0 Å². The molecule has 0 atom stereocenters. The predicted octanol–water partition coefficient (Wildman–Crippen LogP) is 4.71. The topological polar surface area (TPSA) is 17.3 Å². The fraction of sp³-hybridized carbons (Fsp3) is 0.389. The minimum Gasteiger partial charge on any atom is -0.237 e. The zero-order valence-corrected chi connectivity index (χ0v) is 12.0. The van der Waals surface area contributed by atoms with E-state index in [9.17, 15) is 0 Å². The molecule has 102 valence electrons. The summed E-state index contributed by atoms with van der Waals surface area (Å²) in [6.07, 6.45) is 6.19. The molecule has 1 aliphatic rings. The van der Waals surface area contributed by atoms with E-state index in [0.29, 0.717) is 5.92 Å². The lowest BCUT2D eigenvalue weighted by Gasteiger charge is -2.07. The number of nitrogens with zero attached hydrogens (tertiary/aromatic N) is 2. The van der Waals surface area contributed by atoms with Crippen molar-refractivity contribution in [2.45, 2.75) is 44.9 Å². The molecule has 2 heteroatoms. The fourth-order valence-electron chi connectivity index (χ4n) is 3.02. The second kappa shape index (κ2) is 4.62. The van der Waals surface area contributed by atoms with E-state index < -0.39 is 0 Å². The predicted molar refractivity (Wildman–Crippen MR) is 83.3 cm³/mol. The maximum absolute atomic E-state index is 4.89. The van der Waals surface area contributed by atoms with Gasteiger partial charge < -0.3 is 0 Å². The van der Waals surface area contributed by atoms with E-state index in [1.54, 1.807) is 0 Å². The maximum Gasteiger partial charge on any atom is 0.0746 e. The molecule has 0 aliphatic heterocycles. The van der Waals surface area contributed by atoms with Crippen molar-refractivity contribution < 1.29 is 0 Å². The Hall–Kier alpha value is -1.83. The van der Waals surface area contributed by atoms with Crippen LogP contribution in [0.2, 0.25) is 0 Å². The van der Waals surface area contributed by atoms with Crippen LogP contribution in [-0.2, 0) is 6.42 Å². The zero-order valence-electron chi connectivity index (χ0n) is 12.0. The first-order valence-electron chi connectivity index (χ1n) is 7.77. The average Bonchev–Trinajstić information content (AvgIpc) is 3.23. The summed E-state index contributed by atoms with van der Waals surface area (Å²) >= 11 is 0. The van der Waals surface area contributed by atoms with E-state index in [1.807, 2.05) is 0 Å². The summed E-state index contributed by atoms with van der Waals surface area (Å²) in [7, 11) is 0. The van der Waals surface area contributed by atoms with Crippen LogP contribution in [0.25, 0.3) is 16.3 Å². The van der Waals surface area contributed by atoms with Crippen molar-refractivity contribution in [1.82, 2.24) is 9.61 Å². The molecule has 1 fully saturated rings. The SMILES string of the molecule is CCCCc1cc2ccccc2c2cc(C3CC3)nn12. The number of benzene rings is 1. The Morgan fingerprint density at radius 3 is 2.85 bits per heavy atom. The first-order valence-corrected chi connectivity index (χ1v) is 7.77. The van der Waals surface area contributed by atoms with Gasteiger partial charge >= 0.3 is 0 Å². The van der Waals surface area contributed by atoms with E-state index in [0.717, 1.165) is 6.42 Å². The summed E-state index contributed by atoms with van der Waals surface area (Å²) in [6, 6.07) is 13.3. The Labute approximate surface area is 119 Å². The standard InChI is InChI=1S/C18H20N2/c1-2-3-7-15-11-14-6-4-5-8-16(14)18-12-17(13-9-10-13)19-20(15)18/h4-6,8,11-13H,2-3,7,9-10H2,1H3. The number of fused-ring (bicyclic) bond motifs is 3. The molecule has 0 N–H and O–H groups in total. The summed E-state index contributed by atoms with van der Waals surface area (Å²) in [5, 5.41) is 7.56. The third kappa shape index (κ3) is 1.91. The molecule has 0 saturated heterocycles. The van der Waals surface area contributed by atoms with E-state index in [-0.39, 0.29) is 0 Å². The third-order valence-corrected chi connectivity index (χ3v) is 4.34. The average molecular weight is 264 g/mol. The molecular formula is C18H20N2. The number of aryl methyl sites for hydroxylation is 1. The first kappa shape index (κ1) is 12.0. The molecule has 1 aromatic carbocycles. The van der Waals surface area contributed by atoms with Crippen LogP contribution >= 0.6 is 0 Å². The van der Waals surface area contributed by atoms with Crippen LogP contribution in [0.5, 0.6) is 0 Å². The highest BCUT2D eigenvalue weighted by Gasteiger charge is 2.26. The summed E-state index contributed by atoms with van der Waals surface area (Å²) in [4.78, 5) is 0. The van der Waals surface area contributed by atoms with Crippen molar-refractivity contribution in [2.24, 2.45) is 0 Å². The van der Waals surface area contributed by atoms with Gasteiger partial charge in [0.25, 0.3) is 0 Å². The Kier molecular flexibility index (Phi) is 2.76. The quantitative estimate of drug-likeness (QED) is 0.667. The van der Waals surface area contributed by atoms with Crippen LogP contribution in [0.1, 0.15) is 49.9 Å². The maximum atomic E-state index is 4.89. The summed E-state index contributed by atoms with van der Waals surface area (Å²) in [5.41, 5.74) is 3.93. The Morgan fingerprint density at radius 1 is 1.20 bits per heavy atom. The van der Waals surface area contributed by atoms with Crippen LogP contribution in [0.15, 0.2) is 36.4 Å². The first-order chi connectivity index (χ1) is 9.86. The molecule has 0 radical (unpaired) electrons. The van der Waals surface area contributed by atoms with Gasteiger partial charge in [0.15, 0.2) is 0 Å². The van der Waals surface area contributed by atoms with Crippen molar-refractivity contribution >= 4 is 16.3 Å². The smallest absolute Gasteiger partial charge is 0.0746 e. The minimum atomic E-state index is 0.715. The lowest BCUT2D eigenvalue weighted by molar-refractivity contribution is 0.739. The van der Waals surface area contributed by atoms with E-state index >= 15 is 0 Å². The van der Waals surface area contributed by atoms with Crippen LogP contribution < -0.4 is 0 Å². The highest BCUT2D eigenvalue weighted by molar-refractivity contribution is 5.96. The molecule has 2 aromatic heterocycles. The van der Waals surface area contributed by atoms with Gasteiger partial charge in [-0.2, -0.15) is 5.10 Å². The lowest BCUT2D eigenvalue weighted by atomic mass is 10.1. The zero-order chi connectivity index (χ0) is 13.5. The van der Waals surface area contributed by atoms with Gasteiger partial charge in [0.1, 0.15) is 0 Å². The summed E-state index contributed by atoms with van der Waals surface area (Å²) in [5.74, 6) is 0.715. The van der Waals surface area contributed by atoms with Gasteiger partial charge in [-0.3, -0.25) is 0 Å². The second-order valence-corrected chi connectivity index (χ2v) is 5.97. The molecule has 2 heterocycles. The second-order valence-electron chi connectivity index (χ2n) is 5.97. The number of hydrogen-bond donors (Lipinski definition) is 0. The van der Waals surface area contributed by atoms with Gasteiger partial charge in [-0.25, -0.2) is 4.52 Å². The monoisotopic (exact) mass is 264 g/mol. The molecule has 2 nitrogen and oxygen atoms in total. The Balaban J connectivity index is 1.97. The van der Waals surface area contributed by atoms with Crippen molar-refractivity contribution in [3.05, 3.63) is 47.8 Å². The summed E-state index contributed by atoms with van der Waals surface area (Å²) in [6.45, 7) is 2.25. The van der Waals surface area contributed by atoms with Crippen LogP contribution in [0.3, 0.4) is 0 Å². The molecule has 1 saturated carbocycles.